The van der Waals surface area contributed by atoms with E-state index >= 15 is 0 Å². The highest BCUT2D eigenvalue weighted by Crippen LogP contribution is 2.28. The fraction of sp³-hybridized carbons (Fsp3) is 0.375. The number of carbonyl (C=O) groups is 1. The first-order valence-corrected chi connectivity index (χ1v) is 7.59. The number of imidazole rings is 1. The van der Waals surface area contributed by atoms with Gasteiger partial charge >= 0.3 is 0 Å². The third kappa shape index (κ3) is 3.31. The average molecular weight is 310 g/mol. The summed E-state index contributed by atoms with van der Waals surface area (Å²) < 4.78 is 1.82. The van der Waals surface area contributed by atoms with E-state index in [2.05, 4.69) is 20.9 Å². The topological polar surface area (TPSA) is 101 Å². The maximum atomic E-state index is 11.2. The highest BCUT2D eigenvalue weighted by molar-refractivity contribution is 5.73. The molecule has 0 aromatic carbocycles. The second-order valence-corrected chi connectivity index (χ2v) is 5.66. The van der Waals surface area contributed by atoms with Crippen LogP contribution in [0.2, 0.25) is 0 Å². The minimum atomic E-state index is -0.375. The maximum Gasteiger partial charge on any atom is 0.237 e. The molecule has 0 aliphatic carbocycles. The van der Waals surface area contributed by atoms with Gasteiger partial charge in [-0.05, 0) is 25.0 Å². The summed E-state index contributed by atoms with van der Waals surface area (Å²) in [5.74, 6) is 1.53. The Morgan fingerprint density at radius 2 is 2.35 bits per heavy atom. The van der Waals surface area contributed by atoms with Gasteiger partial charge < -0.3 is 15.2 Å². The van der Waals surface area contributed by atoms with Crippen molar-refractivity contribution in [1.29, 1.82) is 5.26 Å². The molecule has 1 fully saturated rings. The Kier molecular flexibility index (Phi) is 4.24. The number of primary amides is 1. The Morgan fingerprint density at radius 3 is 3.13 bits per heavy atom. The zero-order valence-electron chi connectivity index (χ0n) is 12.7. The van der Waals surface area contributed by atoms with Crippen LogP contribution >= 0.6 is 0 Å². The Labute approximate surface area is 134 Å². The van der Waals surface area contributed by atoms with Gasteiger partial charge in [0.15, 0.2) is 0 Å². The van der Waals surface area contributed by atoms with Crippen molar-refractivity contribution in [3.05, 3.63) is 42.1 Å². The van der Waals surface area contributed by atoms with Crippen LogP contribution in [0.3, 0.4) is 0 Å². The van der Waals surface area contributed by atoms with Crippen LogP contribution in [0.1, 0.15) is 30.3 Å². The van der Waals surface area contributed by atoms with Crippen LogP contribution in [0.15, 0.2) is 30.6 Å². The third-order valence-electron chi connectivity index (χ3n) is 4.03. The summed E-state index contributed by atoms with van der Waals surface area (Å²) in [6, 6.07) is 7.53. The Balaban J connectivity index is 1.80. The zero-order valence-corrected chi connectivity index (χ0v) is 12.7. The number of hydrogen-bond acceptors (Lipinski definition) is 5. The fourth-order valence-corrected chi connectivity index (χ4v) is 3.04. The van der Waals surface area contributed by atoms with E-state index in [0.29, 0.717) is 5.69 Å². The molecule has 0 bridgehead atoms. The van der Waals surface area contributed by atoms with E-state index in [-0.39, 0.29) is 18.4 Å². The molecule has 1 aliphatic rings. The second-order valence-electron chi connectivity index (χ2n) is 5.66. The molecule has 0 unspecified atom stereocenters. The summed E-state index contributed by atoms with van der Waals surface area (Å²) >= 11 is 0. The highest BCUT2D eigenvalue weighted by atomic mass is 16.1. The van der Waals surface area contributed by atoms with Crippen LogP contribution in [-0.2, 0) is 11.3 Å². The molecule has 0 radical (unpaired) electrons. The summed E-state index contributed by atoms with van der Waals surface area (Å²) in [6.45, 7) is 1.81. The van der Waals surface area contributed by atoms with Crippen molar-refractivity contribution in [3.63, 3.8) is 0 Å². The number of nitrogens with zero attached hydrogens (tertiary/aromatic N) is 5. The van der Waals surface area contributed by atoms with E-state index in [4.69, 9.17) is 11.0 Å². The molecule has 1 aliphatic heterocycles. The number of anilines is 1. The molecule has 23 heavy (non-hydrogen) atoms. The quantitative estimate of drug-likeness (QED) is 0.908. The van der Waals surface area contributed by atoms with Crippen molar-refractivity contribution < 1.29 is 4.79 Å². The first-order chi connectivity index (χ1) is 11.2. The molecule has 118 valence electrons. The summed E-state index contributed by atoms with van der Waals surface area (Å²) in [4.78, 5) is 22.1. The summed E-state index contributed by atoms with van der Waals surface area (Å²) in [5, 5.41) is 8.99. The number of amides is 1. The molecule has 3 heterocycles. The molecule has 2 aromatic heterocycles. The Hall–Kier alpha value is -2.88. The number of hydrogen-bond donors (Lipinski definition) is 1. The van der Waals surface area contributed by atoms with Crippen molar-refractivity contribution >= 4 is 11.7 Å². The monoisotopic (exact) mass is 310 g/mol. The molecule has 7 heteroatoms. The van der Waals surface area contributed by atoms with Crippen LogP contribution in [0.25, 0.3) is 0 Å². The lowest BCUT2D eigenvalue weighted by atomic mass is 9.97. The molecule has 1 amide bonds. The number of piperidine rings is 1. The number of nitrogens with two attached hydrogens (primary N) is 1. The van der Waals surface area contributed by atoms with Gasteiger partial charge in [0.25, 0.3) is 0 Å². The fourth-order valence-electron chi connectivity index (χ4n) is 3.04. The smallest absolute Gasteiger partial charge is 0.237 e. The van der Waals surface area contributed by atoms with Gasteiger partial charge in [0.05, 0.1) is 0 Å². The van der Waals surface area contributed by atoms with Gasteiger partial charge in [-0.15, -0.1) is 0 Å². The van der Waals surface area contributed by atoms with Crippen molar-refractivity contribution in [2.45, 2.75) is 25.3 Å². The number of nitriles is 1. The van der Waals surface area contributed by atoms with E-state index < -0.39 is 0 Å². The van der Waals surface area contributed by atoms with Gasteiger partial charge in [0, 0.05) is 31.4 Å². The first kappa shape index (κ1) is 15.0. The van der Waals surface area contributed by atoms with Gasteiger partial charge in [-0.3, -0.25) is 4.79 Å². The largest absolute Gasteiger partial charge is 0.368 e. The lowest BCUT2D eigenvalue weighted by Crippen LogP contribution is -2.36. The van der Waals surface area contributed by atoms with Crippen LogP contribution in [-0.4, -0.2) is 33.5 Å². The Bertz CT molecular complexity index is 747. The van der Waals surface area contributed by atoms with Crippen LogP contribution in [0.4, 0.5) is 5.82 Å². The van der Waals surface area contributed by atoms with E-state index in [0.717, 1.165) is 37.6 Å². The van der Waals surface area contributed by atoms with Gasteiger partial charge in [-0.2, -0.15) is 5.26 Å². The highest BCUT2D eigenvalue weighted by Gasteiger charge is 2.25. The minimum absolute atomic E-state index is 0.147. The normalized spacial score (nSPS) is 17.7. The number of carbonyl (C=O) groups excluding carboxylic acids is 1. The minimum Gasteiger partial charge on any atom is -0.368 e. The molecule has 2 N–H and O–H groups in total. The van der Waals surface area contributed by atoms with E-state index in [9.17, 15) is 4.79 Å². The second kappa shape index (κ2) is 6.48. The van der Waals surface area contributed by atoms with Crippen LogP contribution < -0.4 is 10.6 Å². The number of rotatable bonds is 4. The van der Waals surface area contributed by atoms with E-state index in [1.54, 1.807) is 18.5 Å². The number of aromatic nitrogens is 3. The zero-order chi connectivity index (χ0) is 16.2. The van der Waals surface area contributed by atoms with Crippen molar-refractivity contribution in [2.75, 3.05) is 18.0 Å². The van der Waals surface area contributed by atoms with E-state index in [1.165, 1.54) is 0 Å². The maximum absolute atomic E-state index is 11.2. The molecule has 1 atom stereocenters. The Morgan fingerprint density at radius 1 is 1.48 bits per heavy atom. The lowest BCUT2D eigenvalue weighted by molar-refractivity contribution is -0.118. The van der Waals surface area contributed by atoms with Gasteiger partial charge in [0.2, 0.25) is 5.91 Å². The molecule has 3 rings (SSSR count). The summed E-state index contributed by atoms with van der Waals surface area (Å²) in [5.41, 5.74) is 5.71. The van der Waals surface area contributed by atoms with Crippen LogP contribution in [0.5, 0.6) is 0 Å². The molecule has 0 saturated carbocycles. The first-order valence-electron chi connectivity index (χ1n) is 7.59. The third-order valence-corrected chi connectivity index (χ3v) is 4.03. The SMILES string of the molecule is N#Cc1cccc(N2CCC[C@@H](c3nccn3CC(N)=O)C2)n1. The molecule has 0 spiro atoms. The molecule has 7 nitrogen and oxygen atoms in total. The predicted octanol–water partition coefficient (Wildman–Crippen LogP) is 1.02. The standard InChI is InChI=1S/C16H18N6O/c17-9-13-4-1-5-15(20-13)21-7-2-3-12(10-21)16-19-6-8-22(16)11-14(18)23/h1,4-6,8,12H,2-3,7,10-11H2,(H2,18,23)/t12-/m1/s1. The summed E-state index contributed by atoms with van der Waals surface area (Å²) in [7, 11) is 0. The average Bonchev–Trinajstić information content (AvgIpc) is 3.02. The predicted molar refractivity (Wildman–Crippen MR) is 84.6 cm³/mol. The van der Waals surface area contributed by atoms with Gasteiger partial charge in [-0.1, -0.05) is 6.07 Å². The molecular formula is C16H18N6O. The lowest BCUT2D eigenvalue weighted by Gasteiger charge is -2.33. The molecule has 2 aromatic rings. The summed E-state index contributed by atoms with van der Waals surface area (Å²) in [6.07, 6.45) is 5.50. The van der Waals surface area contributed by atoms with E-state index in [1.807, 2.05) is 16.7 Å². The molecular weight excluding hydrogens is 292 g/mol. The molecule has 1 saturated heterocycles. The van der Waals surface area contributed by atoms with Crippen LogP contribution in [0, 0.1) is 11.3 Å². The number of pyridine rings is 1. The van der Waals surface area contributed by atoms with Crippen molar-refractivity contribution in [3.8, 4) is 6.07 Å². The van der Waals surface area contributed by atoms with Crippen molar-refractivity contribution in [2.24, 2.45) is 5.73 Å². The van der Waals surface area contributed by atoms with Crippen molar-refractivity contribution in [1.82, 2.24) is 14.5 Å². The van der Waals surface area contributed by atoms with Gasteiger partial charge in [-0.25, -0.2) is 9.97 Å². The van der Waals surface area contributed by atoms with Gasteiger partial charge in [0.1, 0.15) is 30.0 Å².